The number of para-hydroxylation sites is 1. The van der Waals surface area contributed by atoms with Gasteiger partial charge in [0.1, 0.15) is 11.4 Å². The largest absolute Gasteiger partial charge is 0.505 e. The minimum absolute atomic E-state index is 0.117. The van der Waals surface area contributed by atoms with Gasteiger partial charge in [-0.2, -0.15) is 0 Å². The molecule has 0 unspecified atom stereocenters. The van der Waals surface area contributed by atoms with Gasteiger partial charge in [-0.1, -0.05) is 42.5 Å². The summed E-state index contributed by atoms with van der Waals surface area (Å²) in [5.74, 6) is -0.0861. The van der Waals surface area contributed by atoms with Crippen molar-refractivity contribution in [1.29, 1.82) is 0 Å². The van der Waals surface area contributed by atoms with Crippen LogP contribution < -0.4 is 0 Å². The predicted octanol–water partition coefficient (Wildman–Crippen LogP) is 4.03. The van der Waals surface area contributed by atoms with Crippen molar-refractivity contribution < 1.29 is 9.90 Å². The number of fused-ring (bicyclic) bond motifs is 1. The number of aromatic amines is 1. The van der Waals surface area contributed by atoms with Gasteiger partial charge in [-0.15, -0.1) is 0 Å². The van der Waals surface area contributed by atoms with E-state index in [2.05, 4.69) is 4.98 Å². The molecule has 0 atom stereocenters. The highest BCUT2D eigenvalue weighted by Gasteiger charge is 2.23. The molecule has 112 valence electrons. The molecular formula is C19H14N2O2. The van der Waals surface area contributed by atoms with E-state index in [0.29, 0.717) is 22.3 Å². The second kappa shape index (κ2) is 5.18. The van der Waals surface area contributed by atoms with Gasteiger partial charge in [0.15, 0.2) is 0 Å². The SMILES string of the molecule is O=C(c1ccc[nH]1)n1c(-c2ccccc2)c(O)c2ccccc21. The molecule has 0 radical (unpaired) electrons. The van der Waals surface area contributed by atoms with Gasteiger partial charge in [0, 0.05) is 17.1 Å². The van der Waals surface area contributed by atoms with Crippen LogP contribution in [0.4, 0.5) is 0 Å². The van der Waals surface area contributed by atoms with Crippen LogP contribution in [0.25, 0.3) is 22.2 Å². The Balaban J connectivity index is 2.07. The first kappa shape index (κ1) is 13.4. The van der Waals surface area contributed by atoms with Crippen molar-refractivity contribution in [3.8, 4) is 17.0 Å². The van der Waals surface area contributed by atoms with E-state index in [9.17, 15) is 9.90 Å². The van der Waals surface area contributed by atoms with E-state index in [1.807, 2.05) is 54.6 Å². The van der Waals surface area contributed by atoms with E-state index in [0.717, 1.165) is 5.56 Å². The highest BCUT2D eigenvalue weighted by Crippen LogP contribution is 2.39. The summed E-state index contributed by atoms with van der Waals surface area (Å²) in [6.45, 7) is 0. The summed E-state index contributed by atoms with van der Waals surface area (Å²) in [5.41, 5.74) is 2.46. The van der Waals surface area contributed by atoms with E-state index in [1.54, 1.807) is 22.9 Å². The van der Waals surface area contributed by atoms with Crippen molar-refractivity contribution in [3.63, 3.8) is 0 Å². The van der Waals surface area contributed by atoms with Gasteiger partial charge >= 0.3 is 0 Å². The van der Waals surface area contributed by atoms with Crippen molar-refractivity contribution in [2.24, 2.45) is 0 Å². The number of nitrogens with one attached hydrogen (secondary N) is 1. The Kier molecular flexibility index (Phi) is 3.01. The molecule has 0 aliphatic rings. The molecule has 4 heteroatoms. The van der Waals surface area contributed by atoms with Gasteiger partial charge in [-0.3, -0.25) is 9.36 Å². The monoisotopic (exact) mass is 302 g/mol. The van der Waals surface area contributed by atoms with Crippen LogP contribution in [0.1, 0.15) is 10.5 Å². The zero-order valence-corrected chi connectivity index (χ0v) is 12.2. The fourth-order valence-corrected chi connectivity index (χ4v) is 2.88. The summed E-state index contributed by atoms with van der Waals surface area (Å²) >= 11 is 0. The number of aromatic hydroxyl groups is 1. The number of carbonyl (C=O) groups is 1. The first-order valence-corrected chi connectivity index (χ1v) is 7.33. The molecule has 0 fully saturated rings. The molecule has 4 aromatic rings. The number of rotatable bonds is 2. The van der Waals surface area contributed by atoms with Crippen LogP contribution >= 0.6 is 0 Å². The van der Waals surface area contributed by atoms with Crippen molar-refractivity contribution in [1.82, 2.24) is 9.55 Å². The second-order valence-electron chi connectivity index (χ2n) is 5.30. The van der Waals surface area contributed by atoms with Gasteiger partial charge in [-0.25, -0.2) is 0 Å². The number of carbonyl (C=O) groups excluding carboxylic acids is 1. The lowest BCUT2D eigenvalue weighted by molar-refractivity contribution is 0.0962. The number of hydrogen-bond donors (Lipinski definition) is 2. The lowest BCUT2D eigenvalue weighted by atomic mass is 10.1. The Labute approximate surface area is 132 Å². The molecule has 2 N–H and O–H groups in total. The molecular weight excluding hydrogens is 288 g/mol. The molecule has 4 nitrogen and oxygen atoms in total. The number of benzene rings is 2. The fourth-order valence-electron chi connectivity index (χ4n) is 2.88. The Morgan fingerprint density at radius 1 is 0.913 bits per heavy atom. The number of aromatic nitrogens is 2. The van der Waals surface area contributed by atoms with Crippen LogP contribution in [-0.2, 0) is 0 Å². The lowest BCUT2D eigenvalue weighted by Gasteiger charge is -2.09. The third kappa shape index (κ3) is 2.04. The standard InChI is InChI=1S/C19H14N2O2/c22-18-14-9-4-5-11-16(14)21(19(23)15-10-6-12-20-15)17(18)13-7-2-1-3-8-13/h1-12,20,22H. The van der Waals surface area contributed by atoms with Crippen LogP contribution in [-0.4, -0.2) is 20.6 Å². The van der Waals surface area contributed by atoms with Crippen LogP contribution in [0.5, 0.6) is 5.75 Å². The molecule has 2 aromatic carbocycles. The van der Waals surface area contributed by atoms with Crippen molar-refractivity contribution in [2.45, 2.75) is 0 Å². The van der Waals surface area contributed by atoms with E-state index < -0.39 is 0 Å². The van der Waals surface area contributed by atoms with Crippen LogP contribution in [0.2, 0.25) is 0 Å². The molecule has 0 bridgehead atoms. The summed E-state index contributed by atoms with van der Waals surface area (Å²) in [6.07, 6.45) is 1.71. The maximum atomic E-state index is 12.9. The molecule has 0 saturated heterocycles. The van der Waals surface area contributed by atoms with Gasteiger partial charge in [0.05, 0.1) is 11.2 Å². The summed E-state index contributed by atoms with van der Waals surface area (Å²) in [7, 11) is 0. The average Bonchev–Trinajstić information content (AvgIpc) is 3.22. The second-order valence-corrected chi connectivity index (χ2v) is 5.30. The Bertz CT molecular complexity index is 983. The van der Waals surface area contributed by atoms with Crippen molar-refractivity contribution >= 4 is 16.8 Å². The minimum atomic E-state index is -0.203. The maximum Gasteiger partial charge on any atom is 0.279 e. The molecule has 0 spiro atoms. The third-order valence-electron chi connectivity index (χ3n) is 3.93. The quantitative estimate of drug-likeness (QED) is 0.587. The Morgan fingerprint density at radius 2 is 1.65 bits per heavy atom. The topological polar surface area (TPSA) is 58.0 Å². The van der Waals surface area contributed by atoms with E-state index >= 15 is 0 Å². The highest BCUT2D eigenvalue weighted by molar-refractivity contribution is 6.08. The number of nitrogens with zero attached hydrogens (tertiary/aromatic N) is 1. The third-order valence-corrected chi connectivity index (χ3v) is 3.93. The van der Waals surface area contributed by atoms with Gasteiger partial charge in [-0.05, 0) is 24.3 Å². The maximum absolute atomic E-state index is 12.9. The molecule has 2 heterocycles. The number of H-pyrrole nitrogens is 1. The molecule has 0 aliphatic heterocycles. The van der Waals surface area contributed by atoms with Crippen LogP contribution in [0.3, 0.4) is 0 Å². The van der Waals surface area contributed by atoms with Crippen LogP contribution in [0.15, 0.2) is 72.9 Å². The summed E-state index contributed by atoms with van der Waals surface area (Å²) < 4.78 is 1.56. The van der Waals surface area contributed by atoms with Gasteiger partial charge in [0.2, 0.25) is 0 Å². The first-order valence-electron chi connectivity index (χ1n) is 7.33. The zero-order chi connectivity index (χ0) is 15.8. The van der Waals surface area contributed by atoms with Crippen molar-refractivity contribution in [3.05, 3.63) is 78.6 Å². The van der Waals surface area contributed by atoms with E-state index in [1.165, 1.54) is 0 Å². The minimum Gasteiger partial charge on any atom is -0.505 e. The molecule has 0 aliphatic carbocycles. The molecule has 23 heavy (non-hydrogen) atoms. The average molecular weight is 302 g/mol. The number of hydrogen-bond acceptors (Lipinski definition) is 2. The normalized spacial score (nSPS) is 11.0. The Hall–Kier alpha value is -3.27. The molecule has 4 rings (SSSR count). The molecule has 0 amide bonds. The van der Waals surface area contributed by atoms with E-state index in [-0.39, 0.29) is 11.7 Å². The Morgan fingerprint density at radius 3 is 2.39 bits per heavy atom. The van der Waals surface area contributed by atoms with Gasteiger partial charge < -0.3 is 10.1 Å². The molecule has 2 aromatic heterocycles. The smallest absolute Gasteiger partial charge is 0.279 e. The van der Waals surface area contributed by atoms with E-state index in [4.69, 9.17) is 0 Å². The fraction of sp³-hybridized carbons (Fsp3) is 0. The van der Waals surface area contributed by atoms with Crippen molar-refractivity contribution in [2.75, 3.05) is 0 Å². The lowest BCUT2D eigenvalue weighted by Crippen LogP contribution is -2.13. The zero-order valence-electron chi connectivity index (χ0n) is 12.2. The summed E-state index contributed by atoms with van der Waals surface area (Å²) in [5, 5.41) is 11.3. The summed E-state index contributed by atoms with van der Waals surface area (Å²) in [4.78, 5) is 15.9. The first-order chi connectivity index (χ1) is 11.3. The van der Waals surface area contributed by atoms with Crippen LogP contribution in [0, 0.1) is 0 Å². The summed E-state index contributed by atoms with van der Waals surface area (Å²) in [6, 6.07) is 20.3. The highest BCUT2D eigenvalue weighted by atomic mass is 16.3. The van der Waals surface area contributed by atoms with Gasteiger partial charge in [0.25, 0.3) is 5.91 Å². The predicted molar refractivity (Wildman–Crippen MR) is 89.6 cm³/mol. The molecule has 0 saturated carbocycles.